The lowest BCUT2D eigenvalue weighted by atomic mass is 9.93. The minimum Gasteiger partial charge on any atom is -0.382 e. The van der Waals surface area contributed by atoms with Crippen molar-refractivity contribution in [2.75, 3.05) is 12.3 Å². The van der Waals surface area contributed by atoms with Crippen LogP contribution in [0.3, 0.4) is 0 Å². The lowest BCUT2D eigenvalue weighted by Crippen LogP contribution is -2.28. The van der Waals surface area contributed by atoms with Crippen LogP contribution in [0.4, 0.5) is 5.82 Å². The second-order valence-electron chi connectivity index (χ2n) is 4.27. The molecular formula is C10H16N4. The smallest absolute Gasteiger partial charge is 0.149 e. The van der Waals surface area contributed by atoms with E-state index in [1.165, 1.54) is 30.5 Å². The Balaban J connectivity index is 2.02. The van der Waals surface area contributed by atoms with E-state index in [-0.39, 0.29) is 0 Å². The molecule has 0 radical (unpaired) electrons. The van der Waals surface area contributed by atoms with E-state index in [0.717, 1.165) is 25.3 Å². The summed E-state index contributed by atoms with van der Waals surface area (Å²) in [6, 6.07) is 0.626. The van der Waals surface area contributed by atoms with Gasteiger partial charge in [-0.15, -0.1) is 0 Å². The first-order valence-corrected chi connectivity index (χ1v) is 5.42. The van der Waals surface area contributed by atoms with Gasteiger partial charge in [-0.05, 0) is 32.2 Å². The molecule has 0 unspecified atom stereocenters. The van der Waals surface area contributed by atoms with Gasteiger partial charge in [0.2, 0.25) is 0 Å². The first-order valence-electron chi connectivity index (χ1n) is 5.42. The van der Waals surface area contributed by atoms with Crippen molar-refractivity contribution in [3.8, 4) is 0 Å². The Labute approximate surface area is 83.5 Å². The fourth-order valence-corrected chi connectivity index (χ4v) is 2.34. The molecular weight excluding hydrogens is 176 g/mol. The molecule has 1 aliphatic heterocycles. The standard InChI is InChI=1S/C10H16N4/c11-10-8-4-5-12-6-9(8)14(13-10)7-2-1-3-7/h7,12H,1-6H2,(H2,11,13). The summed E-state index contributed by atoms with van der Waals surface area (Å²) in [4.78, 5) is 0. The van der Waals surface area contributed by atoms with Gasteiger partial charge in [0.25, 0.3) is 0 Å². The van der Waals surface area contributed by atoms with Gasteiger partial charge in [0.05, 0.1) is 11.7 Å². The van der Waals surface area contributed by atoms with Crippen LogP contribution in [0.25, 0.3) is 0 Å². The molecule has 0 aromatic carbocycles. The summed E-state index contributed by atoms with van der Waals surface area (Å²) in [5.41, 5.74) is 8.54. The molecule has 76 valence electrons. The monoisotopic (exact) mass is 192 g/mol. The third-order valence-electron chi connectivity index (χ3n) is 3.41. The van der Waals surface area contributed by atoms with Crippen molar-refractivity contribution < 1.29 is 0 Å². The Hall–Kier alpha value is -1.03. The number of fused-ring (bicyclic) bond motifs is 1. The lowest BCUT2D eigenvalue weighted by molar-refractivity contribution is 0.280. The van der Waals surface area contributed by atoms with Gasteiger partial charge in [-0.1, -0.05) is 0 Å². The summed E-state index contributed by atoms with van der Waals surface area (Å²) in [6.07, 6.45) is 4.92. The molecule has 3 rings (SSSR count). The third kappa shape index (κ3) is 1.07. The summed E-state index contributed by atoms with van der Waals surface area (Å²) in [5.74, 6) is 0.758. The van der Waals surface area contributed by atoms with Gasteiger partial charge < -0.3 is 11.1 Å². The van der Waals surface area contributed by atoms with Gasteiger partial charge in [-0.3, -0.25) is 4.68 Å². The Bertz CT molecular complexity index is 351. The summed E-state index contributed by atoms with van der Waals surface area (Å²) < 4.78 is 2.17. The van der Waals surface area contributed by atoms with E-state index in [4.69, 9.17) is 5.73 Å². The fourth-order valence-electron chi connectivity index (χ4n) is 2.34. The van der Waals surface area contributed by atoms with Crippen LogP contribution in [0.15, 0.2) is 0 Å². The van der Waals surface area contributed by atoms with Crippen molar-refractivity contribution in [2.24, 2.45) is 0 Å². The Morgan fingerprint density at radius 3 is 3.00 bits per heavy atom. The van der Waals surface area contributed by atoms with Crippen molar-refractivity contribution in [1.82, 2.24) is 15.1 Å². The Morgan fingerprint density at radius 2 is 2.29 bits per heavy atom. The van der Waals surface area contributed by atoms with Crippen LogP contribution >= 0.6 is 0 Å². The molecule has 1 aromatic rings. The zero-order valence-electron chi connectivity index (χ0n) is 8.29. The predicted molar refractivity (Wildman–Crippen MR) is 54.9 cm³/mol. The quantitative estimate of drug-likeness (QED) is 0.693. The highest BCUT2D eigenvalue weighted by Crippen LogP contribution is 2.34. The number of anilines is 1. The molecule has 0 saturated heterocycles. The van der Waals surface area contributed by atoms with Gasteiger partial charge in [-0.2, -0.15) is 5.10 Å². The van der Waals surface area contributed by atoms with Crippen molar-refractivity contribution >= 4 is 5.82 Å². The summed E-state index contributed by atoms with van der Waals surface area (Å²) in [5, 5.41) is 7.85. The Kier molecular flexibility index (Phi) is 1.77. The second kappa shape index (κ2) is 2.98. The van der Waals surface area contributed by atoms with Crippen LogP contribution in [0.1, 0.15) is 36.6 Å². The minimum absolute atomic E-state index is 0.626. The molecule has 0 amide bonds. The number of hydrogen-bond acceptors (Lipinski definition) is 3. The number of nitrogen functional groups attached to an aromatic ring is 1. The van der Waals surface area contributed by atoms with E-state index in [1.807, 2.05) is 0 Å². The first kappa shape index (κ1) is 8.29. The van der Waals surface area contributed by atoms with Gasteiger partial charge in [0, 0.05) is 12.1 Å². The summed E-state index contributed by atoms with van der Waals surface area (Å²) in [6.45, 7) is 1.98. The molecule has 1 saturated carbocycles. The molecule has 4 nitrogen and oxygen atoms in total. The highest BCUT2D eigenvalue weighted by atomic mass is 15.3. The average molecular weight is 192 g/mol. The maximum atomic E-state index is 5.92. The summed E-state index contributed by atoms with van der Waals surface area (Å²) >= 11 is 0. The fraction of sp³-hybridized carbons (Fsp3) is 0.700. The number of nitrogens with zero attached hydrogens (tertiary/aromatic N) is 2. The number of rotatable bonds is 1. The highest BCUT2D eigenvalue weighted by molar-refractivity contribution is 5.44. The van der Waals surface area contributed by atoms with Crippen molar-refractivity contribution in [1.29, 1.82) is 0 Å². The second-order valence-corrected chi connectivity index (χ2v) is 4.27. The Morgan fingerprint density at radius 1 is 1.43 bits per heavy atom. The minimum atomic E-state index is 0.626. The zero-order chi connectivity index (χ0) is 9.54. The molecule has 4 heteroatoms. The van der Waals surface area contributed by atoms with Gasteiger partial charge >= 0.3 is 0 Å². The molecule has 1 fully saturated rings. The van der Waals surface area contributed by atoms with Crippen molar-refractivity contribution in [3.63, 3.8) is 0 Å². The maximum Gasteiger partial charge on any atom is 0.149 e. The van der Waals surface area contributed by atoms with E-state index in [1.54, 1.807) is 0 Å². The first-order chi connectivity index (χ1) is 6.86. The van der Waals surface area contributed by atoms with Crippen molar-refractivity contribution in [2.45, 2.75) is 38.3 Å². The van der Waals surface area contributed by atoms with Crippen LogP contribution in [0.5, 0.6) is 0 Å². The molecule has 1 aromatic heterocycles. The van der Waals surface area contributed by atoms with Crippen LogP contribution in [-0.4, -0.2) is 16.3 Å². The topological polar surface area (TPSA) is 55.9 Å². The largest absolute Gasteiger partial charge is 0.382 e. The molecule has 14 heavy (non-hydrogen) atoms. The number of aromatic nitrogens is 2. The van der Waals surface area contributed by atoms with Crippen LogP contribution in [0.2, 0.25) is 0 Å². The van der Waals surface area contributed by atoms with Crippen LogP contribution in [0, 0.1) is 0 Å². The van der Waals surface area contributed by atoms with E-state index in [0.29, 0.717) is 6.04 Å². The lowest BCUT2D eigenvalue weighted by Gasteiger charge is -2.28. The molecule has 1 aliphatic carbocycles. The molecule has 3 N–H and O–H groups in total. The van der Waals surface area contributed by atoms with E-state index in [2.05, 4.69) is 15.1 Å². The van der Waals surface area contributed by atoms with Crippen LogP contribution in [-0.2, 0) is 13.0 Å². The third-order valence-corrected chi connectivity index (χ3v) is 3.41. The van der Waals surface area contributed by atoms with Gasteiger partial charge in [0.1, 0.15) is 5.82 Å². The number of nitrogens with two attached hydrogens (primary N) is 1. The van der Waals surface area contributed by atoms with E-state index < -0.39 is 0 Å². The SMILES string of the molecule is Nc1nn(C2CCC2)c2c1CCNC2. The van der Waals surface area contributed by atoms with E-state index >= 15 is 0 Å². The summed E-state index contributed by atoms with van der Waals surface area (Å²) in [7, 11) is 0. The molecule has 0 bridgehead atoms. The predicted octanol–water partition coefficient (Wildman–Crippen LogP) is 0.836. The molecule has 2 aliphatic rings. The molecule has 0 atom stereocenters. The van der Waals surface area contributed by atoms with Gasteiger partial charge in [-0.25, -0.2) is 0 Å². The van der Waals surface area contributed by atoms with Crippen LogP contribution < -0.4 is 11.1 Å². The van der Waals surface area contributed by atoms with Gasteiger partial charge in [0.15, 0.2) is 0 Å². The van der Waals surface area contributed by atoms with E-state index in [9.17, 15) is 0 Å². The maximum absolute atomic E-state index is 5.92. The van der Waals surface area contributed by atoms with Crippen molar-refractivity contribution in [3.05, 3.63) is 11.3 Å². The normalized spacial score (nSPS) is 21.7. The highest BCUT2D eigenvalue weighted by Gasteiger charge is 2.26. The molecule has 0 spiro atoms. The average Bonchev–Trinajstić information content (AvgIpc) is 2.43. The molecule has 2 heterocycles. The zero-order valence-corrected chi connectivity index (χ0v) is 8.29. The number of hydrogen-bond donors (Lipinski definition) is 2. The number of nitrogens with one attached hydrogen (secondary N) is 1.